The van der Waals surface area contributed by atoms with E-state index in [9.17, 15) is 15.0 Å². The maximum Gasteiger partial charge on any atom is 0.255 e. The van der Waals surface area contributed by atoms with Crippen LogP contribution in [0, 0.1) is 11.3 Å². The highest BCUT2D eigenvalue weighted by Crippen LogP contribution is 2.74. The first-order valence-electron chi connectivity index (χ1n) is 13.8. The Morgan fingerprint density at radius 3 is 2.66 bits per heavy atom. The van der Waals surface area contributed by atoms with Crippen molar-refractivity contribution in [2.45, 2.75) is 92.7 Å². The van der Waals surface area contributed by atoms with E-state index in [1.54, 1.807) is 25.2 Å². The van der Waals surface area contributed by atoms with Gasteiger partial charge in [-0.3, -0.25) is 4.79 Å². The Kier molecular flexibility index (Phi) is 4.93. The van der Waals surface area contributed by atoms with Crippen LogP contribution in [0.25, 0.3) is 16.3 Å². The van der Waals surface area contributed by atoms with Gasteiger partial charge in [-0.2, -0.15) is 0 Å². The number of H-pyrrole nitrogens is 1. The van der Waals surface area contributed by atoms with E-state index in [0.29, 0.717) is 31.1 Å². The highest BCUT2D eigenvalue weighted by molar-refractivity contribution is 5.87. The van der Waals surface area contributed by atoms with Gasteiger partial charge < -0.3 is 24.8 Å². The zero-order valence-electron chi connectivity index (χ0n) is 22.1. The van der Waals surface area contributed by atoms with Crippen LogP contribution in [0.5, 0.6) is 0 Å². The number of aromatic nitrogens is 1. The van der Waals surface area contributed by atoms with Crippen LogP contribution in [0.4, 0.5) is 8.78 Å². The molecule has 38 heavy (non-hydrogen) atoms. The average Bonchev–Trinajstić information content (AvgIpc) is 3.42. The van der Waals surface area contributed by atoms with E-state index < -0.39 is 52.6 Å². The van der Waals surface area contributed by atoms with E-state index in [4.69, 9.17) is 4.74 Å². The molecule has 7 rings (SSSR count). The highest BCUT2D eigenvalue weighted by Gasteiger charge is 2.82. The van der Waals surface area contributed by atoms with Gasteiger partial charge in [0.1, 0.15) is 23.0 Å². The van der Waals surface area contributed by atoms with Crippen molar-refractivity contribution >= 4 is 16.3 Å². The molecule has 8 heteroatoms. The van der Waals surface area contributed by atoms with E-state index in [0.717, 1.165) is 16.5 Å². The van der Waals surface area contributed by atoms with Crippen LogP contribution in [-0.2, 0) is 4.74 Å². The van der Waals surface area contributed by atoms with Gasteiger partial charge in [-0.25, -0.2) is 8.78 Å². The number of likely N-dealkylation sites (N-methyl/N-ethyl adjacent to an activating group) is 1. The number of benzene rings is 1. The van der Waals surface area contributed by atoms with Gasteiger partial charge in [-0.15, -0.1) is 0 Å². The minimum atomic E-state index is -2.35. The van der Waals surface area contributed by atoms with Crippen molar-refractivity contribution in [3.8, 4) is 0 Å². The standard InChI is InChI=1S/C30H36F2N2O4/c1-26-9-10-27(31)16-29(32)24(36)23(35)21(34(2)3)15-28(29)11-12-30(27,38-28)22(26)7-6-20(26)18-5-4-17-8-13-33-25(37)19(17)14-18/h4-6,8,13-14,21-24,35-36H,7,9-12,15-16H2,1-3H3,(H,33,37). The summed E-state index contributed by atoms with van der Waals surface area (Å²) < 4.78 is 41.0. The number of aliphatic hydroxyl groups excluding tert-OH is 2. The predicted octanol–water partition coefficient (Wildman–Crippen LogP) is 3.90. The molecule has 2 bridgehead atoms. The maximum absolute atomic E-state index is 17.2. The van der Waals surface area contributed by atoms with Crippen molar-refractivity contribution in [1.29, 1.82) is 0 Å². The second-order valence-electron chi connectivity index (χ2n) is 13.1. The molecule has 4 fully saturated rings. The molecular weight excluding hydrogens is 490 g/mol. The number of aromatic amines is 1. The molecule has 204 valence electrons. The number of pyridine rings is 1. The van der Waals surface area contributed by atoms with Gasteiger partial charge in [0.25, 0.3) is 5.56 Å². The maximum atomic E-state index is 17.2. The number of hydrogen-bond acceptors (Lipinski definition) is 5. The van der Waals surface area contributed by atoms with Crippen molar-refractivity contribution in [2.24, 2.45) is 11.3 Å². The van der Waals surface area contributed by atoms with Crippen LogP contribution in [0.15, 0.2) is 41.3 Å². The number of hydrogen-bond donors (Lipinski definition) is 3. The molecular formula is C30H36F2N2O4. The van der Waals surface area contributed by atoms with E-state index in [2.05, 4.69) is 18.0 Å². The molecule has 2 aromatic rings. The molecule has 2 spiro atoms. The number of nitrogens with one attached hydrogen (secondary N) is 1. The summed E-state index contributed by atoms with van der Waals surface area (Å²) in [4.78, 5) is 17.1. The Morgan fingerprint density at radius 1 is 1.11 bits per heavy atom. The van der Waals surface area contributed by atoms with Gasteiger partial charge >= 0.3 is 0 Å². The third-order valence-electron chi connectivity index (χ3n) is 11.4. The number of fused-ring (bicyclic) bond motifs is 2. The molecule has 1 aromatic heterocycles. The molecule has 1 aromatic carbocycles. The molecule has 2 saturated heterocycles. The number of aliphatic hydroxyl groups is 2. The molecule has 9 atom stereocenters. The molecule has 5 aliphatic rings. The number of ether oxygens (including phenoxy) is 1. The number of rotatable bonds is 2. The topological polar surface area (TPSA) is 85.8 Å². The largest absolute Gasteiger partial charge is 0.389 e. The Morgan fingerprint density at radius 2 is 1.89 bits per heavy atom. The minimum absolute atomic E-state index is 0.118. The molecule has 9 unspecified atom stereocenters. The van der Waals surface area contributed by atoms with Crippen molar-refractivity contribution in [3.05, 3.63) is 52.5 Å². The van der Waals surface area contributed by atoms with Gasteiger partial charge in [0.15, 0.2) is 5.67 Å². The number of nitrogens with zero attached hydrogens (tertiary/aromatic N) is 1. The van der Waals surface area contributed by atoms with Gasteiger partial charge in [-0.05, 0) is 86.7 Å². The first-order valence-corrected chi connectivity index (χ1v) is 13.8. The SMILES string of the molecule is CN(C)C1CC23CCC4(O2)C2CC=C(c5ccc6cc[nH]c(=O)c6c5)C2(C)CCC4(F)CC3(F)C(O)C1O. The normalized spacial score (nSPS) is 47.5. The smallest absolute Gasteiger partial charge is 0.255 e. The molecule has 0 amide bonds. The van der Waals surface area contributed by atoms with Crippen LogP contribution in [-0.4, -0.2) is 75.0 Å². The summed E-state index contributed by atoms with van der Waals surface area (Å²) in [6, 6.07) is 7.29. The van der Waals surface area contributed by atoms with Gasteiger partial charge in [0, 0.05) is 30.0 Å². The van der Waals surface area contributed by atoms with Crippen molar-refractivity contribution in [3.63, 3.8) is 0 Å². The van der Waals surface area contributed by atoms with E-state index in [1.165, 1.54) is 0 Å². The Hall–Kier alpha value is -2.13. The monoisotopic (exact) mass is 526 g/mol. The van der Waals surface area contributed by atoms with E-state index in [1.807, 2.05) is 24.3 Å². The lowest BCUT2D eigenvalue weighted by atomic mass is 9.51. The van der Waals surface area contributed by atoms with Crippen LogP contribution in [0.1, 0.15) is 57.4 Å². The lowest BCUT2D eigenvalue weighted by Crippen LogP contribution is -2.78. The van der Waals surface area contributed by atoms with Crippen LogP contribution < -0.4 is 5.56 Å². The zero-order valence-corrected chi connectivity index (χ0v) is 22.1. The molecule has 3 N–H and O–H groups in total. The lowest BCUT2D eigenvalue weighted by Gasteiger charge is -2.65. The third-order valence-corrected chi connectivity index (χ3v) is 11.4. The second-order valence-corrected chi connectivity index (χ2v) is 13.1. The molecule has 0 radical (unpaired) electrons. The average molecular weight is 527 g/mol. The lowest BCUT2D eigenvalue weighted by molar-refractivity contribution is -0.347. The molecule has 2 saturated carbocycles. The van der Waals surface area contributed by atoms with Crippen LogP contribution in [0.2, 0.25) is 0 Å². The summed E-state index contributed by atoms with van der Waals surface area (Å²) in [6.45, 7) is 2.16. The Labute approximate surface area is 220 Å². The Bertz CT molecular complexity index is 1430. The zero-order chi connectivity index (χ0) is 26.9. The molecule has 2 aliphatic heterocycles. The number of alkyl halides is 2. The fourth-order valence-electron chi connectivity index (χ4n) is 9.32. The molecule has 3 aliphatic carbocycles. The highest BCUT2D eigenvalue weighted by atomic mass is 19.2. The van der Waals surface area contributed by atoms with Gasteiger partial charge in [-0.1, -0.05) is 25.1 Å². The predicted molar refractivity (Wildman–Crippen MR) is 140 cm³/mol. The fraction of sp³-hybridized carbons (Fsp3) is 0.633. The van der Waals surface area contributed by atoms with Crippen molar-refractivity contribution in [2.75, 3.05) is 14.1 Å². The first-order chi connectivity index (χ1) is 17.9. The summed E-state index contributed by atoms with van der Waals surface area (Å²) in [5, 5.41) is 23.4. The van der Waals surface area contributed by atoms with Crippen molar-refractivity contribution < 1.29 is 23.7 Å². The fourth-order valence-corrected chi connectivity index (χ4v) is 9.32. The van der Waals surface area contributed by atoms with Gasteiger partial charge in [0.05, 0.1) is 6.10 Å². The second kappa shape index (κ2) is 7.53. The summed E-state index contributed by atoms with van der Waals surface area (Å²) in [7, 11) is 3.60. The summed E-state index contributed by atoms with van der Waals surface area (Å²) in [5.74, 6) is -0.195. The van der Waals surface area contributed by atoms with Gasteiger partial charge in [0.2, 0.25) is 0 Å². The van der Waals surface area contributed by atoms with E-state index in [-0.39, 0.29) is 24.3 Å². The summed E-state index contributed by atoms with van der Waals surface area (Å²) in [5.41, 5.74) is -5.30. The number of allylic oxidation sites excluding steroid dienone is 2. The van der Waals surface area contributed by atoms with Crippen LogP contribution >= 0.6 is 0 Å². The van der Waals surface area contributed by atoms with E-state index >= 15 is 8.78 Å². The Balaban J connectivity index is 1.30. The van der Waals surface area contributed by atoms with Crippen LogP contribution in [0.3, 0.4) is 0 Å². The molecule has 3 heterocycles. The summed E-state index contributed by atoms with van der Waals surface area (Å²) >= 11 is 0. The first kappa shape index (κ1) is 24.9. The minimum Gasteiger partial charge on any atom is -0.389 e. The summed E-state index contributed by atoms with van der Waals surface area (Å²) in [6.07, 6.45) is 2.47. The quantitative estimate of drug-likeness (QED) is 0.553. The number of halogens is 2. The molecule has 6 nitrogen and oxygen atoms in total. The third kappa shape index (κ3) is 2.77. The van der Waals surface area contributed by atoms with Crippen molar-refractivity contribution in [1.82, 2.24) is 9.88 Å².